The number of carboxylic acids is 1. The van der Waals surface area contributed by atoms with Crippen LogP contribution in [0, 0.1) is 6.92 Å². The van der Waals surface area contributed by atoms with Crippen LogP contribution in [0.3, 0.4) is 0 Å². The molecule has 0 aliphatic carbocycles. The van der Waals surface area contributed by atoms with E-state index >= 15 is 0 Å². The van der Waals surface area contributed by atoms with Gasteiger partial charge in [-0.2, -0.15) is 0 Å². The van der Waals surface area contributed by atoms with Gasteiger partial charge in [-0.15, -0.1) is 11.3 Å². The van der Waals surface area contributed by atoms with Crippen molar-refractivity contribution in [2.45, 2.75) is 13.5 Å². The zero-order chi connectivity index (χ0) is 29.8. The Labute approximate surface area is 253 Å². The topological polar surface area (TPSA) is 77.9 Å². The zero-order valence-corrected chi connectivity index (χ0v) is 24.6. The Kier molecular flexibility index (Phi) is 8.07. The summed E-state index contributed by atoms with van der Waals surface area (Å²) in [6.45, 7) is 1.76. The van der Waals surface area contributed by atoms with Gasteiger partial charge in [-0.3, -0.25) is 0 Å². The van der Waals surface area contributed by atoms with Crippen molar-refractivity contribution in [3.8, 4) is 50.1 Å². The van der Waals surface area contributed by atoms with Crippen molar-refractivity contribution in [1.82, 2.24) is 4.98 Å². The summed E-state index contributed by atoms with van der Waals surface area (Å²) < 4.78 is 16.9. The lowest BCUT2D eigenvalue weighted by Gasteiger charge is -2.09. The number of fused-ring (bicyclic) bond motifs is 1. The van der Waals surface area contributed by atoms with Gasteiger partial charge in [-0.25, -0.2) is 9.78 Å². The van der Waals surface area contributed by atoms with Crippen LogP contribution in [0.5, 0.6) is 17.2 Å². The molecule has 1 heterocycles. The van der Waals surface area contributed by atoms with E-state index in [2.05, 4.69) is 60.7 Å². The van der Waals surface area contributed by atoms with Crippen LogP contribution in [0.2, 0.25) is 0 Å². The fourth-order valence-corrected chi connectivity index (χ4v) is 5.92. The van der Waals surface area contributed by atoms with E-state index in [0.717, 1.165) is 54.4 Å². The van der Waals surface area contributed by atoms with Crippen molar-refractivity contribution >= 4 is 28.1 Å². The van der Waals surface area contributed by atoms with Crippen LogP contribution in [0.25, 0.3) is 43.6 Å². The quantitative estimate of drug-likeness (QED) is 0.173. The fourth-order valence-electron chi connectivity index (χ4n) is 4.92. The minimum atomic E-state index is -1.02. The summed E-state index contributed by atoms with van der Waals surface area (Å²) in [7, 11) is 1.67. The van der Waals surface area contributed by atoms with Gasteiger partial charge in [0, 0.05) is 5.56 Å². The highest BCUT2D eigenvalue weighted by molar-refractivity contribution is 7.15. The summed E-state index contributed by atoms with van der Waals surface area (Å²) in [5.74, 6) is 0.979. The van der Waals surface area contributed by atoms with E-state index in [1.165, 1.54) is 5.56 Å². The van der Waals surface area contributed by atoms with Gasteiger partial charge in [0.25, 0.3) is 0 Å². The number of carboxylic acid groups (broad SMARTS) is 1. The van der Waals surface area contributed by atoms with Gasteiger partial charge in [0.05, 0.1) is 17.7 Å². The number of hydrogen-bond donors (Lipinski definition) is 1. The second kappa shape index (κ2) is 12.4. The predicted octanol–water partition coefficient (Wildman–Crippen LogP) is 8.66. The summed E-state index contributed by atoms with van der Waals surface area (Å²) in [6, 6.07) is 36.7. The van der Waals surface area contributed by atoms with E-state index in [9.17, 15) is 4.79 Å². The highest BCUT2D eigenvalue weighted by Gasteiger charge is 2.17. The smallest absolute Gasteiger partial charge is 0.341 e. The molecular formula is C36H29NO5S. The first-order valence-corrected chi connectivity index (χ1v) is 14.6. The first kappa shape index (κ1) is 28.0. The molecule has 0 atom stereocenters. The summed E-state index contributed by atoms with van der Waals surface area (Å²) in [4.78, 5) is 17.0. The minimum absolute atomic E-state index is 0.291. The highest BCUT2D eigenvalue weighted by Crippen LogP contribution is 2.39. The molecule has 6 rings (SSSR count). The molecule has 1 N–H and O–H groups in total. The number of carbonyl (C=O) groups is 1. The molecule has 0 aliphatic rings. The molecule has 1 aromatic heterocycles. The van der Waals surface area contributed by atoms with Crippen LogP contribution in [0.4, 0.5) is 0 Å². The lowest BCUT2D eigenvalue weighted by molar-refractivity contribution is -0.139. The minimum Gasteiger partial charge on any atom is -0.497 e. The number of rotatable bonds is 10. The van der Waals surface area contributed by atoms with Gasteiger partial charge in [0.15, 0.2) is 6.61 Å². The van der Waals surface area contributed by atoms with Crippen LogP contribution < -0.4 is 14.2 Å². The molecule has 0 saturated heterocycles. The number of ether oxygens (including phenoxy) is 3. The van der Waals surface area contributed by atoms with Crippen LogP contribution in [0.15, 0.2) is 109 Å². The SMILES string of the molecule is COc1ccc2cc(-c3nc(COc4ccc(OCC(=O)O)c(C)c4)sc3-c3ccc(-c4ccccc4)cc3)ccc2c1. The summed E-state index contributed by atoms with van der Waals surface area (Å²) >= 11 is 1.61. The molecule has 43 heavy (non-hydrogen) atoms. The molecule has 0 unspecified atom stereocenters. The summed E-state index contributed by atoms with van der Waals surface area (Å²) in [5.41, 5.74) is 6.15. The molecule has 0 spiro atoms. The molecule has 0 radical (unpaired) electrons. The molecule has 5 aromatic carbocycles. The standard InChI is InChI=1S/C36H29NO5S/c1-23-18-31(16-17-32(23)42-22-34(38)39)41-21-33-37-35(29-13-12-28-20-30(40-2)15-14-27(28)19-29)36(43-33)26-10-8-25(9-11-26)24-6-4-3-5-7-24/h3-20H,21-22H2,1-2H3,(H,38,39). The second-order valence-corrected chi connectivity index (χ2v) is 11.1. The zero-order valence-electron chi connectivity index (χ0n) is 23.7. The van der Waals surface area contributed by atoms with E-state index < -0.39 is 5.97 Å². The molecule has 0 saturated carbocycles. The Morgan fingerprint density at radius 2 is 1.42 bits per heavy atom. The van der Waals surface area contributed by atoms with Crippen molar-refractivity contribution in [3.63, 3.8) is 0 Å². The first-order chi connectivity index (χ1) is 21.0. The molecule has 0 aliphatic heterocycles. The van der Waals surface area contributed by atoms with Crippen LogP contribution >= 0.6 is 11.3 Å². The summed E-state index contributed by atoms with van der Waals surface area (Å²) in [6.07, 6.45) is 0. The predicted molar refractivity (Wildman–Crippen MR) is 171 cm³/mol. The van der Waals surface area contributed by atoms with Crippen LogP contribution in [-0.4, -0.2) is 29.8 Å². The van der Waals surface area contributed by atoms with Gasteiger partial charge in [-0.05, 0) is 76.3 Å². The Morgan fingerprint density at radius 3 is 2.16 bits per heavy atom. The maximum absolute atomic E-state index is 10.9. The number of benzene rings is 5. The maximum Gasteiger partial charge on any atom is 0.341 e. The molecule has 0 fully saturated rings. The molecular weight excluding hydrogens is 558 g/mol. The third-order valence-electron chi connectivity index (χ3n) is 7.11. The number of aromatic nitrogens is 1. The largest absolute Gasteiger partial charge is 0.497 e. The number of thiazole rings is 1. The van der Waals surface area contributed by atoms with Crippen LogP contribution in [0.1, 0.15) is 10.6 Å². The lowest BCUT2D eigenvalue weighted by Crippen LogP contribution is -2.10. The van der Waals surface area contributed by atoms with Crippen molar-refractivity contribution in [1.29, 1.82) is 0 Å². The number of aryl methyl sites for hydroxylation is 1. The van der Waals surface area contributed by atoms with Crippen molar-refractivity contribution in [2.24, 2.45) is 0 Å². The molecule has 6 nitrogen and oxygen atoms in total. The number of aliphatic carboxylic acids is 1. The number of nitrogens with zero attached hydrogens (tertiary/aromatic N) is 1. The number of hydrogen-bond acceptors (Lipinski definition) is 6. The van der Waals surface area contributed by atoms with E-state index in [-0.39, 0.29) is 6.61 Å². The average Bonchev–Trinajstić information content (AvgIpc) is 3.47. The number of methoxy groups -OCH3 is 1. The van der Waals surface area contributed by atoms with Gasteiger partial charge in [-0.1, -0.05) is 72.8 Å². The van der Waals surface area contributed by atoms with Crippen molar-refractivity contribution in [2.75, 3.05) is 13.7 Å². The van der Waals surface area contributed by atoms with Gasteiger partial charge in [0.2, 0.25) is 0 Å². The fraction of sp³-hybridized carbons (Fsp3) is 0.111. The second-order valence-electron chi connectivity index (χ2n) is 10.1. The summed E-state index contributed by atoms with van der Waals surface area (Å²) in [5, 5.41) is 11.9. The Bertz CT molecular complexity index is 1900. The van der Waals surface area contributed by atoms with E-state index in [0.29, 0.717) is 18.1 Å². The Hall–Kier alpha value is -5.14. The van der Waals surface area contributed by atoms with Gasteiger partial charge >= 0.3 is 5.97 Å². The normalized spacial score (nSPS) is 10.9. The molecule has 0 amide bonds. The Balaban J connectivity index is 1.32. The molecule has 7 heteroatoms. The van der Waals surface area contributed by atoms with Crippen molar-refractivity contribution in [3.05, 3.63) is 120 Å². The van der Waals surface area contributed by atoms with Gasteiger partial charge in [0.1, 0.15) is 28.9 Å². The van der Waals surface area contributed by atoms with Crippen molar-refractivity contribution < 1.29 is 24.1 Å². The third kappa shape index (κ3) is 6.37. The molecule has 0 bridgehead atoms. The Morgan fingerprint density at radius 1 is 0.744 bits per heavy atom. The molecule has 6 aromatic rings. The van der Waals surface area contributed by atoms with Gasteiger partial charge < -0.3 is 19.3 Å². The van der Waals surface area contributed by atoms with E-state index in [4.69, 9.17) is 24.3 Å². The van der Waals surface area contributed by atoms with E-state index in [1.807, 2.05) is 43.3 Å². The maximum atomic E-state index is 10.9. The monoisotopic (exact) mass is 587 g/mol. The van der Waals surface area contributed by atoms with Crippen LogP contribution in [-0.2, 0) is 11.4 Å². The molecule has 214 valence electrons. The lowest BCUT2D eigenvalue weighted by atomic mass is 10.0. The highest BCUT2D eigenvalue weighted by atomic mass is 32.1. The average molecular weight is 588 g/mol. The first-order valence-electron chi connectivity index (χ1n) is 13.8. The van der Waals surface area contributed by atoms with E-state index in [1.54, 1.807) is 30.6 Å². The third-order valence-corrected chi connectivity index (χ3v) is 8.18.